The molecule has 0 saturated carbocycles. The Kier molecular flexibility index (Phi) is 9.16. The van der Waals surface area contributed by atoms with Crippen LogP contribution in [0.4, 0.5) is 0 Å². The molecule has 0 fully saturated rings. The maximum absolute atomic E-state index is 12.6. The SMILES string of the molecule is CCCNC(=O)[C@@H](CC)N(Cc1ccc(Cl)c(Cl)c1)C(=O)CCC. The average molecular weight is 373 g/mol. The maximum Gasteiger partial charge on any atom is 0.242 e. The number of carbonyl (C=O) groups is 2. The number of nitrogens with zero attached hydrogens (tertiary/aromatic N) is 1. The van der Waals surface area contributed by atoms with Crippen molar-refractivity contribution in [1.29, 1.82) is 0 Å². The lowest BCUT2D eigenvalue weighted by Crippen LogP contribution is -2.49. The Hall–Kier alpha value is -1.26. The number of nitrogens with one attached hydrogen (secondary N) is 1. The maximum atomic E-state index is 12.6. The van der Waals surface area contributed by atoms with Gasteiger partial charge in [-0.1, -0.05) is 50.0 Å². The third-order valence-corrected chi connectivity index (χ3v) is 4.47. The summed E-state index contributed by atoms with van der Waals surface area (Å²) < 4.78 is 0. The van der Waals surface area contributed by atoms with Crippen LogP contribution in [0.15, 0.2) is 18.2 Å². The summed E-state index contributed by atoms with van der Waals surface area (Å²) in [4.78, 5) is 26.7. The van der Waals surface area contributed by atoms with E-state index in [1.54, 1.807) is 17.0 Å². The van der Waals surface area contributed by atoms with Crippen molar-refractivity contribution >= 4 is 35.0 Å². The van der Waals surface area contributed by atoms with Crippen molar-refractivity contribution in [3.8, 4) is 0 Å². The van der Waals surface area contributed by atoms with Gasteiger partial charge >= 0.3 is 0 Å². The fraction of sp³-hybridized carbons (Fsp3) is 0.556. The van der Waals surface area contributed by atoms with E-state index in [2.05, 4.69) is 5.32 Å². The summed E-state index contributed by atoms with van der Waals surface area (Å²) in [7, 11) is 0. The molecule has 6 heteroatoms. The molecule has 2 amide bonds. The number of rotatable bonds is 9. The molecular weight excluding hydrogens is 347 g/mol. The molecule has 0 saturated heterocycles. The van der Waals surface area contributed by atoms with Crippen LogP contribution in [0.25, 0.3) is 0 Å². The summed E-state index contributed by atoms with van der Waals surface area (Å²) in [6.45, 7) is 6.81. The fourth-order valence-corrected chi connectivity index (χ4v) is 2.80. The Labute approximate surface area is 154 Å². The Balaban J connectivity index is 3.02. The van der Waals surface area contributed by atoms with E-state index >= 15 is 0 Å². The van der Waals surface area contributed by atoms with Gasteiger partial charge in [-0.2, -0.15) is 0 Å². The van der Waals surface area contributed by atoms with Gasteiger partial charge in [-0.25, -0.2) is 0 Å². The van der Waals surface area contributed by atoms with Crippen LogP contribution >= 0.6 is 23.2 Å². The second kappa shape index (κ2) is 10.6. The number of carbonyl (C=O) groups excluding carboxylic acids is 2. The van der Waals surface area contributed by atoms with Crippen molar-refractivity contribution in [1.82, 2.24) is 10.2 Å². The second-order valence-electron chi connectivity index (χ2n) is 5.74. The summed E-state index contributed by atoms with van der Waals surface area (Å²) >= 11 is 12.0. The number of hydrogen-bond donors (Lipinski definition) is 1. The molecule has 1 N–H and O–H groups in total. The van der Waals surface area contributed by atoms with Gasteiger partial charge in [0.1, 0.15) is 6.04 Å². The Morgan fingerprint density at radius 3 is 2.38 bits per heavy atom. The highest BCUT2D eigenvalue weighted by Gasteiger charge is 2.27. The molecule has 1 aromatic carbocycles. The lowest BCUT2D eigenvalue weighted by atomic mass is 10.1. The molecule has 0 radical (unpaired) electrons. The number of hydrogen-bond acceptors (Lipinski definition) is 2. The van der Waals surface area contributed by atoms with Crippen molar-refractivity contribution in [2.24, 2.45) is 0 Å². The zero-order chi connectivity index (χ0) is 18.1. The van der Waals surface area contributed by atoms with Crippen LogP contribution in [0.1, 0.15) is 52.0 Å². The number of halogens is 2. The van der Waals surface area contributed by atoms with Gasteiger partial charge in [-0.3, -0.25) is 9.59 Å². The molecule has 1 rings (SSSR count). The first kappa shape index (κ1) is 20.8. The van der Waals surface area contributed by atoms with Crippen molar-refractivity contribution in [2.45, 2.75) is 59.0 Å². The minimum absolute atomic E-state index is 0.0259. The van der Waals surface area contributed by atoms with Crippen molar-refractivity contribution in [2.75, 3.05) is 6.54 Å². The summed E-state index contributed by atoms with van der Waals surface area (Å²) in [5.41, 5.74) is 0.857. The predicted molar refractivity (Wildman–Crippen MR) is 99.3 cm³/mol. The molecule has 0 spiro atoms. The van der Waals surface area contributed by atoms with Crippen LogP contribution < -0.4 is 5.32 Å². The van der Waals surface area contributed by atoms with E-state index in [-0.39, 0.29) is 11.8 Å². The van der Waals surface area contributed by atoms with E-state index in [1.165, 1.54) is 0 Å². The van der Waals surface area contributed by atoms with Crippen molar-refractivity contribution in [3.63, 3.8) is 0 Å². The van der Waals surface area contributed by atoms with Crippen LogP contribution in [0, 0.1) is 0 Å². The summed E-state index contributed by atoms with van der Waals surface area (Å²) in [5, 5.41) is 3.80. The topological polar surface area (TPSA) is 49.4 Å². The quantitative estimate of drug-likeness (QED) is 0.696. The highest BCUT2D eigenvalue weighted by Crippen LogP contribution is 2.24. The predicted octanol–water partition coefficient (Wildman–Crippen LogP) is 4.43. The molecule has 0 bridgehead atoms. The van der Waals surface area contributed by atoms with Crippen LogP contribution in [-0.2, 0) is 16.1 Å². The first-order valence-electron chi connectivity index (χ1n) is 8.45. The normalized spacial score (nSPS) is 11.9. The standard InChI is InChI=1S/C18H26Cl2N2O2/c1-4-7-17(23)22(16(6-3)18(24)21-10-5-2)12-13-8-9-14(19)15(20)11-13/h8-9,11,16H,4-7,10,12H2,1-3H3,(H,21,24)/t16-/m1/s1. The molecule has 4 nitrogen and oxygen atoms in total. The Morgan fingerprint density at radius 2 is 1.83 bits per heavy atom. The van der Waals surface area contributed by atoms with E-state index in [4.69, 9.17) is 23.2 Å². The summed E-state index contributed by atoms with van der Waals surface area (Å²) in [6.07, 6.45) is 2.58. The minimum atomic E-state index is -0.481. The molecule has 134 valence electrons. The molecule has 0 aliphatic carbocycles. The molecule has 0 heterocycles. The van der Waals surface area contributed by atoms with Gasteiger partial charge in [0, 0.05) is 19.5 Å². The first-order chi connectivity index (χ1) is 11.4. The molecular formula is C18H26Cl2N2O2. The third kappa shape index (κ3) is 5.99. The minimum Gasteiger partial charge on any atom is -0.354 e. The van der Waals surface area contributed by atoms with Gasteiger partial charge in [0.2, 0.25) is 11.8 Å². The lowest BCUT2D eigenvalue weighted by Gasteiger charge is -2.30. The van der Waals surface area contributed by atoms with Gasteiger partial charge in [-0.05, 0) is 37.0 Å². The molecule has 24 heavy (non-hydrogen) atoms. The van der Waals surface area contributed by atoms with Gasteiger partial charge in [0.25, 0.3) is 0 Å². The largest absolute Gasteiger partial charge is 0.354 e. The monoisotopic (exact) mass is 372 g/mol. The average Bonchev–Trinajstić information content (AvgIpc) is 2.56. The van der Waals surface area contributed by atoms with E-state index < -0.39 is 6.04 Å². The van der Waals surface area contributed by atoms with Crippen molar-refractivity contribution in [3.05, 3.63) is 33.8 Å². The number of amides is 2. The molecule has 1 atom stereocenters. The van der Waals surface area contributed by atoms with Crippen molar-refractivity contribution < 1.29 is 9.59 Å². The molecule has 0 aromatic heterocycles. The Morgan fingerprint density at radius 1 is 1.12 bits per heavy atom. The van der Waals surface area contributed by atoms with Crippen LogP contribution in [0.3, 0.4) is 0 Å². The molecule has 0 aliphatic heterocycles. The third-order valence-electron chi connectivity index (χ3n) is 3.74. The van der Waals surface area contributed by atoms with Crippen LogP contribution in [-0.4, -0.2) is 29.3 Å². The smallest absolute Gasteiger partial charge is 0.242 e. The first-order valence-corrected chi connectivity index (χ1v) is 9.21. The van der Waals surface area contributed by atoms with E-state index in [9.17, 15) is 9.59 Å². The zero-order valence-electron chi connectivity index (χ0n) is 14.6. The summed E-state index contributed by atoms with van der Waals surface area (Å²) in [6, 6.07) is 4.80. The summed E-state index contributed by atoms with van der Waals surface area (Å²) in [5.74, 6) is -0.133. The zero-order valence-corrected chi connectivity index (χ0v) is 16.1. The second-order valence-corrected chi connectivity index (χ2v) is 6.55. The van der Waals surface area contributed by atoms with Gasteiger partial charge < -0.3 is 10.2 Å². The van der Waals surface area contributed by atoms with E-state index in [0.29, 0.717) is 36.0 Å². The van der Waals surface area contributed by atoms with Gasteiger partial charge in [-0.15, -0.1) is 0 Å². The molecule has 0 unspecified atom stereocenters. The van der Waals surface area contributed by atoms with Gasteiger partial charge in [0.05, 0.1) is 10.0 Å². The van der Waals surface area contributed by atoms with E-state index in [1.807, 2.05) is 26.8 Å². The Bertz CT molecular complexity index is 564. The van der Waals surface area contributed by atoms with Crippen LogP contribution in [0.2, 0.25) is 10.0 Å². The van der Waals surface area contributed by atoms with Crippen LogP contribution in [0.5, 0.6) is 0 Å². The fourth-order valence-electron chi connectivity index (χ4n) is 2.48. The highest BCUT2D eigenvalue weighted by molar-refractivity contribution is 6.42. The molecule has 0 aliphatic rings. The highest BCUT2D eigenvalue weighted by atomic mass is 35.5. The number of benzene rings is 1. The van der Waals surface area contributed by atoms with Gasteiger partial charge in [0.15, 0.2) is 0 Å². The van der Waals surface area contributed by atoms with E-state index in [0.717, 1.165) is 18.4 Å². The molecule has 1 aromatic rings. The lowest BCUT2D eigenvalue weighted by molar-refractivity contribution is -0.141.